The Labute approximate surface area is 169 Å². The van der Waals surface area contributed by atoms with E-state index in [1.807, 2.05) is 35.2 Å². The summed E-state index contributed by atoms with van der Waals surface area (Å²) < 4.78 is 0. The van der Waals surface area contributed by atoms with Gasteiger partial charge in [-0.2, -0.15) is 0 Å². The van der Waals surface area contributed by atoms with Gasteiger partial charge < -0.3 is 10.2 Å². The monoisotopic (exact) mass is 402 g/mol. The molecule has 1 saturated heterocycles. The van der Waals surface area contributed by atoms with Gasteiger partial charge in [-0.25, -0.2) is 0 Å². The smallest absolute Gasteiger partial charge is 0.292 e. The molecule has 2 aromatic rings. The number of halogens is 1. The van der Waals surface area contributed by atoms with Crippen LogP contribution >= 0.6 is 11.6 Å². The fourth-order valence-electron chi connectivity index (χ4n) is 3.29. The maximum atomic E-state index is 12.2. The van der Waals surface area contributed by atoms with Crippen LogP contribution < -0.4 is 10.2 Å². The Balaban J connectivity index is 1.42. The highest BCUT2D eigenvalue weighted by Gasteiger charge is 2.23. The van der Waals surface area contributed by atoms with E-state index in [-0.39, 0.29) is 16.5 Å². The highest BCUT2D eigenvalue weighted by Crippen LogP contribution is 2.28. The van der Waals surface area contributed by atoms with Crippen LogP contribution in [-0.4, -0.2) is 55.0 Å². The van der Waals surface area contributed by atoms with Crippen molar-refractivity contribution in [3.05, 3.63) is 69.2 Å². The molecule has 2 aromatic carbocycles. The normalized spacial score (nSPS) is 14.7. The van der Waals surface area contributed by atoms with Crippen LogP contribution in [0.3, 0.4) is 0 Å². The zero-order valence-electron chi connectivity index (χ0n) is 15.5. The minimum absolute atomic E-state index is 0.00638. The highest BCUT2D eigenvalue weighted by atomic mass is 35.5. The Kier molecular flexibility index (Phi) is 6.84. The third-order valence-electron chi connectivity index (χ3n) is 4.81. The molecule has 1 fully saturated rings. The molecule has 0 radical (unpaired) electrons. The van der Waals surface area contributed by atoms with E-state index in [9.17, 15) is 14.9 Å². The van der Waals surface area contributed by atoms with Crippen LogP contribution in [0, 0.1) is 10.1 Å². The van der Waals surface area contributed by atoms with Crippen LogP contribution in [0.1, 0.15) is 5.56 Å². The number of rotatable bonds is 7. The van der Waals surface area contributed by atoms with Crippen molar-refractivity contribution in [2.75, 3.05) is 44.2 Å². The van der Waals surface area contributed by atoms with Gasteiger partial charge in [0, 0.05) is 43.8 Å². The molecule has 0 spiro atoms. The fraction of sp³-hybridized carbons (Fsp3) is 0.350. The lowest BCUT2D eigenvalue weighted by Gasteiger charge is -2.35. The molecular formula is C20H23ClN4O3. The van der Waals surface area contributed by atoms with Gasteiger partial charge in [-0.15, -0.1) is 0 Å². The molecule has 0 atom stereocenters. The van der Waals surface area contributed by atoms with Gasteiger partial charge in [-0.3, -0.25) is 19.8 Å². The van der Waals surface area contributed by atoms with E-state index in [2.05, 4.69) is 10.2 Å². The number of hydrogen-bond donors (Lipinski definition) is 1. The third-order valence-corrected chi connectivity index (χ3v) is 5.06. The van der Waals surface area contributed by atoms with Crippen LogP contribution in [0.5, 0.6) is 0 Å². The third kappa shape index (κ3) is 5.43. The molecule has 148 valence electrons. The van der Waals surface area contributed by atoms with E-state index >= 15 is 0 Å². The minimum Gasteiger partial charge on any atom is -0.363 e. The Bertz CT molecular complexity index is 820. The van der Waals surface area contributed by atoms with E-state index in [0.29, 0.717) is 50.0 Å². The number of nitrogens with one attached hydrogen (secondary N) is 1. The summed E-state index contributed by atoms with van der Waals surface area (Å²) in [5.74, 6) is -0.00638. The molecule has 1 amide bonds. The Morgan fingerprint density at radius 2 is 1.75 bits per heavy atom. The lowest BCUT2D eigenvalue weighted by molar-refractivity contribution is -0.384. The molecule has 28 heavy (non-hydrogen) atoms. The van der Waals surface area contributed by atoms with Gasteiger partial charge in [-0.1, -0.05) is 35.9 Å². The second kappa shape index (κ2) is 9.52. The predicted molar refractivity (Wildman–Crippen MR) is 110 cm³/mol. The van der Waals surface area contributed by atoms with Crippen molar-refractivity contribution in [3.63, 3.8) is 0 Å². The van der Waals surface area contributed by atoms with Gasteiger partial charge in [0.25, 0.3) is 5.69 Å². The van der Waals surface area contributed by atoms with Gasteiger partial charge in [0.05, 0.1) is 11.5 Å². The molecule has 1 aliphatic heterocycles. The summed E-state index contributed by atoms with van der Waals surface area (Å²) in [6.45, 7) is 3.61. The van der Waals surface area contributed by atoms with Crippen molar-refractivity contribution in [2.45, 2.75) is 6.42 Å². The van der Waals surface area contributed by atoms with Crippen LogP contribution in [-0.2, 0) is 11.2 Å². The standard InChI is InChI=1S/C20H23ClN4O3/c21-17-7-5-16(6-8-17)9-10-22-20(26)15-23-11-13-24(14-12-23)18-3-1-2-4-19(18)25(27)28/h1-8H,9-15H2,(H,22,26). The zero-order chi connectivity index (χ0) is 19.9. The van der Waals surface area contributed by atoms with Crippen LogP contribution in [0.15, 0.2) is 48.5 Å². The first-order valence-electron chi connectivity index (χ1n) is 9.25. The number of nitro benzene ring substituents is 1. The molecule has 8 heteroatoms. The van der Waals surface area contributed by atoms with Gasteiger partial charge in [0.15, 0.2) is 0 Å². The van der Waals surface area contributed by atoms with E-state index < -0.39 is 0 Å². The highest BCUT2D eigenvalue weighted by molar-refractivity contribution is 6.30. The van der Waals surface area contributed by atoms with E-state index in [1.54, 1.807) is 12.1 Å². The van der Waals surface area contributed by atoms with Crippen molar-refractivity contribution in [1.82, 2.24) is 10.2 Å². The molecule has 0 aromatic heterocycles. The molecule has 0 bridgehead atoms. The number of anilines is 1. The number of carbonyl (C=O) groups excluding carboxylic acids is 1. The average Bonchev–Trinajstić information content (AvgIpc) is 2.70. The van der Waals surface area contributed by atoms with Crippen molar-refractivity contribution in [1.29, 1.82) is 0 Å². The first kappa shape index (κ1) is 20.1. The summed E-state index contributed by atoms with van der Waals surface area (Å²) in [4.78, 5) is 27.1. The number of carbonyl (C=O) groups is 1. The first-order valence-corrected chi connectivity index (χ1v) is 9.62. The fourth-order valence-corrected chi connectivity index (χ4v) is 3.42. The van der Waals surface area contributed by atoms with Crippen molar-refractivity contribution in [2.24, 2.45) is 0 Å². The summed E-state index contributed by atoms with van der Waals surface area (Å²) in [5.41, 5.74) is 1.89. The lowest BCUT2D eigenvalue weighted by Crippen LogP contribution is -2.49. The Hall–Kier alpha value is -2.64. The van der Waals surface area contributed by atoms with Crippen LogP contribution in [0.2, 0.25) is 5.02 Å². The zero-order valence-corrected chi connectivity index (χ0v) is 16.3. The number of benzene rings is 2. The maximum absolute atomic E-state index is 12.2. The van der Waals surface area contributed by atoms with E-state index in [1.165, 1.54) is 6.07 Å². The Morgan fingerprint density at radius 1 is 1.07 bits per heavy atom. The molecule has 0 saturated carbocycles. The molecule has 7 nitrogen and oxygen atoms in total. The van der Waals surface area contributed by atoms with Crippen molar-refractivity contribution < 1.29 is 9.72 Å². The average molecular weight is 403 g/mol. The molecule has 1 heterocycles. The van der Waals surface area contributed by atoms with Gasteiger partial charge in [-0.05, 0) is 30.2 Å². The summed E-state index contributed by atoms with van der Waals surface area (Å²) in [7, 11) is 0. The largest absolute Gasteiger partial charge is 0.363 e. The number of nitro groups is 1. The first-order chi connectivity index (χ1) is 13.5. The maximum Gasteiger partial charge on any atom is 0.292 e. The molecule has 0 unspecified atom stereocenters. The lowest BCUT2D eigenvalue weighted by atomic mass is 10.1. The number of para-hydroxylation sites is 2. The number of hydrogen-bond acceptors (Lipinski definition) is 5. The summed E-state index contributed by atoms with van der Waals surface area (Å²) in [6, 6.07) is 14.4. The summed E-state index contributed by atoms with van der Waals surface area (Å²) in [5, 5.41) is 14.8. The predicted octanol–water partition coefficient (Wildman–Crippen LogP) is 2.73. The van der Waals surface area contributed by atoms with E-state index in [4.69, 9.17) is 11.6 Å². The summed E-state index contributed by atoms with van der Waals surface area (Å²) >= 11 is 5.87. The second-order valence-electron chi connectivity index (χ2n) is 6.74. The molecule has 1 N–H and O–H groups in total. The van der Waals surface area contributed by atoms with Crippen LogP contribution in [0.25, 0.3) is 0 Å². The number of piperazine rings is 1. The van der Waals surface area contributed by atoms with Crippen molar-refractivity contribution in [3.8, 4) is 0 Å². The quantitative estimate of drug-likeness (QED) is 0.569. The number of nitrogens with zero attached hydrogens (tertiary/aromatic N) is 3. The van der Waals surface area contributed by atoms with Gasteiger partial charge in [0.1, 0.15) is 5.69 Å². The Morgan fingerprint density at radius 3 is 2.43 bits per heavy atom. The molecule has 0 aliphatic carbocycles. The summed E-state index contributed by atoms with van der Waals surface area (Å²) in [6.07, 6.45) is 0.758. The number of amides is 1. The molecular weight excluding hydrogens is 380 g/mol. The van der Waals surface area contributed by atoms with Gasteiger partial charge >= 0.3 is 0 Å². The SMILES string of the molecule is O=C(CN1CCN(c2ccccc2[N+](=O)[O-])CC1)NCCc1ccc(Cl)cc1. The second-order valence-corrected chi connectivity index (χ2v) is 7.17. The van der Waals surface area contributed by atoms with E-state index in [0.717, 1.165) is 12.0 Å². The minimum atomic E-state index is -0.351. The van der Waals surface area contributed by atoms with Crippen molar-refractivity contribution >= 4 is 28.9 Å². The molecule has 3 rings (SSSR count). The van der Waals surface area contributed by atoms with Gasteiger partial charge in [0.2, 0.25) is 5.91 Å². The topological polar surface area (TPSA) is 78.7 Å². The molecule has 1 aliphatic rings. The van der Waals surface area contributed by atoms with Crippen LogP contribution in [0.4, 0.5) is 11.4 Å².